The molecule has 0 spiro atoms. The monoisotopic (exact) mass is 339 g/mol. The van der Waals surface area contributed by atoms with Crippen molar-refractivity contribution in [3.05, 3.63) is 72.0 Å². The van der Waals surface area contributed by atoms with Crippen LogP contribution in [-0.2, 0) is 0 Å². The quantitative estimate of drug-likeness (QED) is 0.736. The summed E-state index contributed by atoms with van der Waals surface area (Å²) in [7, 11) is 1.90. The van der Waals surface area contributed by atoms with Gasteiger partial charge in [0.2, 0.25) is 0 Å². The van der Waals surface area contributed by atoms with Crippen molar-refractivity contribution >= 4 is 34.6 Å². The summed E-state index contributed by atoms with van der Waals surface area (Å²) in [5.41, 5.74) is 2.65. The van der Waals surface area contributed by atoms with Crippen LogP contribution >= 0.6 is 11.6 Å². The summed E-state index contributed by atoms with van der Waals surface area (Å²) in [5.74, 6) is -0.319. The third-order valence-corrected chi connectivity index (χ3v) is 3.58. The number of hydrogen-bond acceptors (Lipinski definition) is 5. The summed E-state index contributed by atoms with van der Waals surface area (Å²) in [6.45, 7) is 0. The number of benzene rings is 1. The Kier molecular flexibility index (Phi) is 4.67. The van der Waals surface area contributed by atoms with E-state index in [9.17, 15) is 4.79 Å². The van der Waals surface area contributed by atoms with Gasteiger partial charge in [-0.15, -0.1) is 0 Å². The van der Waals surface area contributed by atoms with E-state index in [4.69, 9.17) is 11.6 Å². The van der Waals surface area contributed by atoms with E-state index in [0.29, 0.717) is 5.69 Å². The summed E-state index contributed by atoms with van der Waals surface area (Å²) < 4.78 is 0. The fourth-order valence-corrected chi connectivity index (χ4v) is 2.30. The van der Waals surface area contributed by atoms with Gasteiger partial charge in [-0.2, -0.15) is 0 Å². The zero-order valence-electron chi connectivity index (χ0n) is 12.8. The lowest BCUT2D eigenvalue weighted by Crippen LogP contribution is -2.14. The molecule has 0 saturated carbocycles. The molecular weight excluding hydrogens is 326 g/mol. The molecule has 0 aliphatic heterocycles. The second kappa shape index (κ2) is 7.06. The molecule has 0 radical (unpaired) electrons. The number of anilines is 3. The lowest BCUT2D eigenvalue weighted by atomic mass is 10.2. The minimum absolute atomic E-state index is 0.262. The average molecular weight is 340 g/mol. The van der Waals surface area contributed by atoms with Gasteiger partial charge in [0.1, 0.15) is 17.2 Å². The Bertz CT molecular complexity index is 856. The topological polar surface area (TPSA) is 71.0 Å². The molecule has 1 amide bonds. The maximum Gasteiger partial charge on any atom is 0.274 e. The number of aromatic nitrogens is 3. The standard InChI is InChI=1S/C17H14ClN5O/c1-23(14-9-19-11-20-10-14)13-5-2-4-12(8-13)21-17(24)15-6-3-7-16(18)22-15/h2-11H,1H3,(H,21,24). The number of nitrogens with one attached hydrogen (secondary N) is 1. The minimum atomic E-state index is -0.319. The Balaban J connectivity index is 1.79. The smallest absolute Gasteiger partial charge is 0.274 e. The number of rotatable bonds is 4. The van der Waals surface area contributed by atoms with Crippen molar-refractivity contribution in [1.82, 2.24) is 15.0 Å². The van der Waals surface area contributed by atoms with Crippen molar-refractivity contribution in [3.8, 4) is 0 Å². The molecule has 3 aromatic rings. The Labute approximate surface area is 144 Å². The third kappa shape index (κ3) is 3.67. The number of pyridine rings is 1. The number of halogens is 1. The van der Waals surface area contributed by atoms with Crippen LogP contribution in [0, 0.1) is 0 Å². The highest BCUT2D eigenvalue weighted by atomic mass is 35.5. The van der Waals surface area contributed by atoms with Crippen molar-refractivity contribution in [2.24, 2.45) is 0 Å². The van der Waals surface area contributed by atoms with Gasteiger partial charge < -0.3 is 10.2 Å². The van der Waals surface area contributed by atoms with E-state index in [1.807, 2.05) is 30.1 Å². The molecule has 3 rings (SSSR count). The van der Waals surface area contributed by atoms with E-state index in [0.717, 1.165) is 11.4 Å². The van der Waals surface area contributed by atoms with Gasteiger partial charge in [0.05, 0.1) is 18.1 Å². The Morgan fingerprint density at radius 3 is 2.58 bits per heavy atom. The Hall–Kier alpha value is -2.99. The van der Waals surface area contributed by atoms with Crippen molar-refractivity contribution in [1.29, 1.82) is 0 Å². The number of nitrogens with zero attached hydrogens (tertiary/aromatic N) is 4. The number of amides is 1. The van der Waals surface area contributed by atoms with Crippen molar-refractivity contribution in [2.45, 2.75) is 0 Å². The molecule has 1 aromatic carbocycles. The molecule has 0 saturated heterocycles. The molecule has 2 aromatic heterocycles. The van der Waals surface area contributed by atoms with Crippen LogP contribution in [0.15, 0.2) is 61.2 Å². The molecule has 24 heavy (non-hydrogen) atoms. The SMILES string of the molecule is CN(c1cncnc1)c1cccc(NC(=O)c2cccc(Cl)n2)c1. The average Bonchev–Trinajstić information content (AvgIpc) is 2.62. The zero-order valence-corrected chi connectivity index (χ0v) is 13.6. The molecule has 0 bridgehead atoms. The summed E-state index contributed by atoms with van der Waals surface area (Å²) in [5, 5.41) is 3.09. The first-order valence-electron chi connectivity index (χ1n) is 7.16. The predicted octanol–water partition coefficient (Wildman–Crippen LogP) is 3.55. The van der Waals surface area contributed by atoms with E-state index in [1.54, 1.807) is 36.7 Å². The molecule has 2 heterocycles. The number of hydrogen-bond donors (Lipinski definition) is 1. The van der Waals surface area contributed by atoms with Gasteiger partial charge in [-0.05, 0) is 30.3 Å². The lowest BCUT2D eigenvalue weighted by molar-refractivity contribution is 0.102. The van der Waals surface area contributed by atoms with Gasteiger partial charge in [-0.1, -0.05) is 23.7 Å². The van der Waals surface area contributed by atoms with Gasteiger partial charge in [-0.3, -0.25) is 4.79 Å². The van der Waals surface area contributed by atoms with Crippen LogP contribution in [0.2, 0.25) is 5.15 Å². The second-order valence-electron chi connectivity index (χ2n) is 5.01. The molecule has 0 aliphatic rings. The van der Waals surface area contributed by atoms with Crippen LogP contribution < -0.4 is 10.2 Å². The highest BCUT2D eigenvalue weighted by Gasteiger charge is 2.10. The molecule has 0 atom stereocenters. The Morgan fingerprint density at radius 2 is 1.83 bits per heavy atom. The Morgan fingerprint density at radius 1 is 1.08 bits per heavy atom. The van der Waals surface area contributed by atoms with Crippen molar-refractivity contribution < 1.29 is 4.79 Å². The summed E-state index contributed by atoms with van der Waals surface area (Å²) >= 11 is 5.82. The van der Waals surface area contributed by atoms with E-state index >= 15 is 0 Å². The fraction of sp³-hybridized carbons (Fsp3) is 0.0588. The molecule has 1 N–H and O–H groups in total. The molecular formula is C17H14ClN5O. The van der Waals surface area contributed by atoms with E-state index < -0.39 is 0 Å². The van der Waals surface area contributed by atoms with Crippen molar-refractivity contribution in [3.63, 3.8) is 0 Å². The fourth-order valence-electron chi connectivity index (χ4n) is 2.14. The molecule has 6 nitrogen and oxygen atoms in total. The largest absolute Gasteiger partial charge is 0.342 e. The maximum atomic E-state index is 12.3. The molecule has 7 heteroatoms. The van der Waals surface area contributed by atoms with E-state index in [2.05, 4.69) is 20.3 Å². The van der Waals surface area contributed by atoms with Crippen LogP contribution in [0.4, 0.5) is 17.1 Å². The normalized spacial score (nSPS) is 10.2. The summed E-state index contributed by atoms with van der Waals surface area (Å²) in [6, 6.07) is 12.4. The molecule has 0 fully saturated rings. The van der Waals surface area contributed by atoms with Crippen LogP contribution in [0.25, 0.3) is 0 Å². The predicted molar refractivity (Wildman–Crippen MR) is 93.7 cm³/mol. The minimum Gasteiger partial charge on any atom is -0.342 e. The highest BCUT2D eigenvalue weighted by molar-refractivity contribution is 6.29. The highest BCUT2D eigenvalue weighted by Crippen LogP contribution is 2.24. The van der Waals surface area contributed by atoms with E-state index in [1.165, 1.54) is 6.33 Å². The second-order valence-corrected chi connectivity index (χ2v) is 5.39. The van der Waals surface area contributed by atoms with Gasteiger partial charge in [0, 0.05) is 18.4 Å². The lowest BCUT2D eigenvalue weighted by Gasteiger charge is -2.19. The van der Waals surface area contributed by atoms with Gasteiger partial charge in [0.15, 0.2) is 0 Å². The summed E-state index contributed by atoms with van der Waals surface area (Å²) in [4.78, 5) is 26.2. The first kappa shape index (κ1) is 15.9. The van der Waals surface area contributed by atoms with Crippen LogP contribution in [0.1, 0.15) is 10.5 Å². The molecule has 0 aliphatic carbocycles. The van der Waals surface area contributed by atoms with Gasteiger partial charge in [-0.25, -0.2) is 15.0 Å². The van der Waals surface area contributed by atoms with E-state index in [-0.39, 0.29) is 16.8 Å². The zero-order chi connectivity index (χ0) is 16.9. The van der Waals surface area contributed by atoms with Gasteiger partial charge in [0.25, 0.3) is 5.91 Å². The van der Waals surface area contributed by atoms with Crippen LogP contribution in [-0.4, -0.2) is 27.9 Å². The molecule has 120 valence electrons. The van der Waals surface area contributed by atoms with Gasteiger partial charge >= 0.3 is 0 Å². The van der Waals surface area contributed by atoms with Crippen molar-refractivity contribution in [2.75, 3.05) is 17.3 Å². The van der Waals surface area contributed by atoms with Crippen LogP contribution in [0.5, 0.6) is 0 Å². The first-order valence-corrected chi connectivity index (χ1v) is 7.54. The maximum absolute atomic E-state index is 12.3. The van der Waals surface area contributed by atoms with Crippen LogP contribution in [0.3, 0.4) is 0 Å². The third-order valence-electron chi connectivity index (χ3n) is 3.37. The number of carbonyl (C=O) groups is 1. The first-order chi connectivity index (χ1) is 11.6. The number of carbonyl (C=O) groups excluding carboxylic acids is 1. The summed E-state index contributed by atoms with van der Waals surface area (Å²) in [6.07, 6.45) is 4.91. The molecule has 0 unspecified atom stereocenters.